The van der Waals surface area contributed by atoms with Crippen molar-refractivity contribution in [2.75, 3.05) is 5.32 Å². The molecule has 0 spiro atoms. The third kappa shape index (κ3) is 3.93. The zero-order valence-electron chi connectivity index (χ0n) is 11.7. The normalized spacial score (nSPS) is 10.8. The zero-order valence-corrected chi connectivity index (χ0v) is 12.5. The van der Waals surface area contributed by atoms with Gasteiger partial charge in [0.05, 0.1) is 5.69 Å². The molecule has 0 radical (unpaired) electrons. The van der Waals surface area contributed by atoms with Gasteiger partial charge in [0.1, 0.15) is 0 Å². The Morgan fingerprint density at radius 2 is 1.90 bits per heavy atom. The van der Waals surface area contributed by atoms with E-state index in [2.05, 4.69) is 15.6 Å². The van der Waals surface area contributed by atoms with Gasteiger partial charge in [-0.2, -0.15) is 0 Å². The summed E-state index contributed by atoms with van der Waals surface area (Å²) in [5, 5.41) is 5.98. The quantitative estimate of drug-likeness (QED) is 0.900. The maximum absolute atomic E-state index is 11.7. The number of nitrogens with one attached hydrogen (secondary N) is 2. The molecule has 0 atom stereocenters. The summed E-state index contributed by atoms with van der Waals surface area (Å²) in [6.07, 6.45) is 3.46. The van der Waals surface area contributed by atoms with Crippen LogP contribution >= 0.6 is 11.3 Å². The van der Waals surface area contributed by atoms with Crippen molar-refractivity contribution >= 4 is 28.6 Å². The fourth-order valence-electron chi connectivity index (χ4n) is 1.55. The van der Waals surface area contributed by atoms with E-state index in [-0.39, 0.29) is 6.03 Å². The molecule has 0 unspecified atom stereocenters. The molecule has 0 aliphatic rings. The van der Waals surface area contributed by atoms with Gasteiger partial charge in [-0.15, -0.1) is 11.3 Å². The van der Waals surface area contributed by atoms with Gasteiger partial charge in [0.2, 0.25) is 0 Å². The van der Waals surface area contributed by atoms with Crippen LogP contribution in [0, 0.1) is 20.8 Å². The molecule has 2 aromatic rings. The van der Waals surface area contributed by atoms with Gasteiger partial charge in [0.25, 0.3) is 0 Å². The lowest BCUT2D eigenvalue weighted by Crippen LogP contribution is -2.23. The van der Waals surface area contributed by atoms with Crippen molar-refractivity contribution in [1.29, 1.82) is 0 Å². The van der Waals surface area contributed by atoms with Gasteiger partial charge < -0.3 is 5.32 Å². The zero-order chi connectivity index (χ0) is 14.5. The smallest absolute Gasteiger partial charge is 0.314 e. The minimum atomic E-state index is -0.290. The second-order valence-corrected chi connectivity index (χ2v) is 5.71. The van der Waals surface area contributed by atoms with Crippen molar-refractivity contribution in [3.8, 4) is 0 Å². The second-order valence-electron chi connectivity index (χ2n) is 4.50. The molecule has 0 saturated carbocycles. The van der Waals surface area contributed by atoms with E-state index in [1.807, 2.05) is 51.1 Å². The van der Waals surface area contributed by atoms with Gasteiger partial charge in [0.15, 0.2) is 5.13 Å². The number of amides is 2. The van der Waals surface area contributed by atoms with E-state index in [4.69, 9.17) is 0 Å². The number of aromatic nitrogens is 1. The molecule has 1 aromatic heterocycles. The summed E-state index contributed by atoms with van der Waals surface area (Å²) in [5.74, 6) is 0. The fraction of sp³-hybridized carbons (Fsp3) is 0.200. The van der Waals surface area contributed by atoms with Crippen molar-refractivity contribution < 1.29 is 4.79 Å². The minimum absolute atomic E-state index is 0.290. The molecule has 1 heterocycles. The molecule has 104 valence electrons. The summed E-state index contributed by atoms with van der Waals surface area (Å²) in [5.41, 5.74) is 3.19. The Balaban J connectivity index is 1.87. The number of hydrogen-bond acceptors (Lipinski definition) is 3. The molecular weight excluding hydrogens is 270 g/mol. The average Bonchev–Trinajstić information content (AvgIpc) is 2.70. The molecule has 2 rings (SSSR count). The topological polar surface area (TPSA) is 54.0 Å². The minimum Gasteiger partial charge on any atom is -0.314 e. The van der Waals surface area contributed by atoms with Crippen LogP contribution in [0.25, 0.3) is 6.08 Å². The van der Waals surface area contributed by atoms with Crippen LogP contribution in [0.3, 0.4) is 0 Å². The number of hydrogen-bond donors (Lipinski definition) is 2. The average molecular weight is 287 g/mol. The highest BCUT2D eigenvalue weighted by atomic mass is 32.1. The summed E-state index contributed by atoms with van der Waals surface area (Å²) >= 11 is 1.47. The number of aryl methyl sites for hydroxylation is 3. The number of anilines is 1. The SMILES string of the molecule is Cc1ccc(/C=C/NC(=O)Nc2nc(C)c(C)s2)cc1. The van der Waals surface area contributed by atoms with Gasteiger partial charge in [-0.05, 0) is 32.4 Å². The first-order chi connectivity index (χ1) is 9.54. The van der Waals surface area contributed by atoms with E-state index in [0.29, 0.717) is 5.13 Å². The summed E-state index contributed by atoms with van der Waals surface area (Å²) in [4.78, 5) is 17.0. The number of urea groups is 1. The summed E-state index contributed by atoms with van der Waals surface area (Å²) in [6, 6.07) is 7.77. The number of carbonyl (C=O) groups excluding carboxylic acids is 1. The Hall–Kier alpha value is -2.14. The predicted octanol–water partition coefficient (Wildman–Crippen LogP) is 3.86. The van der Waals surface area contributed by atoms with Gasteiger partial charge in [-0.1, -0.05) is 29.8 Å². The fourth-order valence-corrected chi connectivity index (χ4v) is 2.36. The van der Waals surface area contributed by atoms with Crippen molar-refractivity contribution in [1.82, 2.24) is 10.3 Å². The lowest BCUT2D eigenvalue weighted by Gasteiger charge is -2.00. The first kappa shape index (κ1) is 14.3. The van der Waals surface area contributed by atoms with Crippen LogP contribution in [0.5, 0.6) is 0 Å². The number of thiazole rings is 1. The number of nitrogens with zero attached hydrogens (tertiary/aromatic N) is 1. The maximum atomic E-state index is 11.7. The Labute approximate surface area is 122 Å². The molecule has 0 fully saturated rings. The van der Waals surface area contributed by atoms with Gasteiger partial charge >= 0.3 is 6.03 Å². The van der Waals surface area contributed by atoms with Crippen LogP contribution in [-0.2, 0) is 0 Å². The number of carbonyl (C=O) groups is 1. The predicted molar refractivity (Wildman–Crippen MR) is 84.0 cm³/mol. The molecule has 2 N–H and O–H groups in total. The lowest BCUT2D eigenvalue weighted by molar-refractivity contribution is 0.255. The Morgan fingerprint density at radius 1 is 1.20 bits per heavy atom. The van der Waals surface area contributed by atoms with Crippen LogP contribution < -0.4 is 10.6 Å². The monoisotopic (exact) mass is 287 g/mol. The van der Waals surface area contributed by atoms with Crippen molar-refractivity contribution in [2.45, 2.75) is 20.8 Å². The molecular formula is C15H17N3OS. The Bertz CT molecular complexity index is 610. The standard InChI is InChI=1S/C15H17N3OS/c1-10-4-6-13(7-5-10)8-9-16-14(19)18-15-17-11(2)12(3)20-15/h4-9H,1-3H3,(H2,16,17,18,19)/b9-8+. The largest absolute Gasteiger partial charge is 0.325 e. The third-order valence-electron chi connectivity index (χ3n) is 2.82. The molecule has 0 saturated heterocycles. The first-order valence-corrected chi connectivity index (χ1v) is 7.11. The van der Waals surface area contributed by atoms with Gasteiger partial charge in [0, 0.05) is 11.1 Å². The molecule has 0 aliphatic heterocycles. The highest BCUT2D eigenvalue weighted by molar-refractivity contribution is 7.15. The Kier molecular flexibility index (Phi) is 4.53. The second kappa shape index (κ2) is 6.34. The summed E-state index contributed by atoms with van der Waals surface area (Å²) in [7, 11) is 0. The molecule has 1 aromatic carbocycles. The Morgan fingerprint density at radius 3 is 2.50 bits per heavy atom. The molecule has 5 heteroatoms. The lowest BCUT2D eigenvalue weighted by atomic mass is 10.1. The van der Waals surface area contributed by atoms with E-state index in [1.54, 1.807) is 6.20 Å². The van der Waals surface area contributed by atoms with Gasteiger partial charge in [-0.3, -0.25) is 5.32 Å². The van der Waals surface area contributed by atoms with E-state index in [1.165, 1.54) is 16.9 Å². The summed E-state index contributed by atoms with van der Waals surface area (Å²) in [6.45, 7) is 5.94. The number of rotatable bonds is 3. The highest BCUT2D eigenvalue weighted by Gasteiger charge is 2.05. The molecule has 0 aliphatic carbocycles. The molecule has 0 bridgehead atoms. The van der Waals surface area contributed by atoms with E-state index in [0.717, 1.165) is 16.1 Å². The molecule has 20 heavy (non-hydrogen) atoms. The van der Waals surface area contributed by atoms with Crippen LogP contribution in [0.15, 0.2) is 30.5 Å². The van der Waals surface area contributed by atoms with E-state index >= 15 is 0 Å². The van der Waals surface area contributed by atoms with Gasteiger partial charge in [-0.25, -0.2) is 9.78 Å². The van der Waals surface area contributed by atoms with Crippen molar-refractivity contribution in [3.63, 3.8) is 0 Å². The highest BCUT2D eigenvalue weighted by Crippen LogP contribution is 2.20. The van der Waals surface area contributed by atoms with Crippen LogP contribution in [0.1, 0.15) is 21.7 Å². The maximum Gasteiger partial charge on any atom is 0.325 e. The van der Waals surface area contributed by atoms with Crippen molar-refractivity contribution in [2.24, 2.45) is 0 Å². The summed E-state index contributed by atoms with van der Waals surface area (Å²) < 4.78 is 0. The molecule has 4 nitrogen and oxygen atoms in total. The van der Waals surface area contributed by atoms with Crippen LogP contribution in [0.4, 0.5) is 9.93 Å². The van der Waals surface area contributed by atoms with E-state index < -0.39 is 0 Å². The molecule has 2 amide bonds. The third-order valence-corrected chi connectivity index (χ3v) is 3.80. The van der Waals surface area contributed by atoms with Crippen LogP contribution in [-0.4, -0.2) is 11.0 Å². The van der Waals surface area contributed by atoms with Crippen LogP contribution in [0.2, 0.25) is 0 Å². The van der Waals surface area contributed by atoms with Crippen molar-refractivity contribution in [3.05, 3.63) is 52.2 Å². The number of benzene rings is 1. The first-order valence-electron chi connectivity index (χ1n) is 6.29. The van der Waals surface area contributed by atoms with E-state index in [9.17, 15) is 4.79 Å².